The molecule has 3 amide bonds. The topological polar surface area (TPSA) is 85.0 Å². The Kier molecular flexibility index (Phi) is 6.04. The highest BCUT2D eigenvalue weighted by molar-refractivity contribution is 5.84. The summed E-state index contributed by atoms with van der Waals surface area (Å²) in [4.78, 5) is 43.9. The molecule has 3 heterocycles. The lowest BCUT2D eigenvalue weighted by Gasteiger charge is -2.38. The second kappa shape index (κ2) is 9.10. The summed E-state index contributed by atoms with van der Waals surface area (Å²) in [6.07, 6.45) is 3.86. The van der Waals surface area contributed by atoms with Crippen molar-refractivity contribution in [1.82, 2.24) is 20.4 Å². The monoisotopic (exact) mass is 439 g/mol. The zero-order chi connectivity index (χ0) is 22.1. The number of nitrogens with one attached hydrogen (secondary N) is 2. The van der Waals surface area contributed by atoms with Crippen molar-refractivity contribution in [2.24, 2.45) is 5.92 Å². The Bertz CT molecular complexity index is 850. The lowest BCUT2D eigenvalue weighted by atomic mass is 10.0. The van der Waals surface area contributed by atoms with E-state index in [1.165, 1.54) is 5.69 Å². The first-order valence-electron chi connectivity index (χ1n) is 12.0. The van der Waals surface area contributed by atoms with Gasteiger partial charge >= 0.3 is 0 Å². The van der Waals surface area contributed by atoms with Crippen LogP contribution in [0.1, 0.15) is 32.1 Å². The van der Waals surface area contributed by atoms with Gasteiger partial charge in [0, 0.05) is 69.4 Å². The minimum absolute atomic E-state index is 0.0289. The van der Waals surface area contributed by atoms with Gasteiger partial charge in [0.05, 0.1) is 6.04 Å². The van der Waals surface area contributed by atoms with Crippen LogP contribution in [0.5, 0.6) is 0 Å². The van der Waals surface area contributed by atoms with Gasteiger partial charge in [-0.05, 0) is 37.8 Å². The van der Waals surface area contributed by atoms with Crippen molar-refractivity contribution < 1.29 is 14.4 Å². The van der Waals surface area contributed by atoms with Crippen molar-refractivity contribution in [2.45, 2.75) is 50.2 Å². The first-order valence-corrected chi connectivity index (χ1v) is 12.0. The van der Waals surface area contributed by atoms with Gasteiger partial charge in [-0.15, -0.1) is 0 Å². The van der Waals surface area contributed by atoms with Gasteiger partial charge in [-0.1, -0.05) is 18.2 Å². The Morgan fingerprint density at radius 1 is 1.06 bits per heavy atom. The number of hydrogen-bond donors (Lipinski definition) is 2. The molecular formula is C24H33N5O3. The molecule has 1 saturated carbocycles. The minimum Gasteiger partial charge on any atom is -0.368 e. The third-order valence-electron chi connectivity index (χ3n) is 7.36. The van der Waals surface area contributed by atoms with E-state index >= 15 is 0 Å². The average molecular weight is 440 g/mol. The number of hydrogen-bond acceptors (Lipinski definition) is 5. The number of benzene rings is 1. The van der Waals surface area contributed by atoms with Crippen LogP contribution in [0.15, 0.2) is 30.3 Å². The third kappa shape index (κ3) is 4.60. The highest BCUT2D eigenvalue weighted by atomic mass is 16.2. The second-order valence-corrected chi connectivity index (χ2v) is 9.57. The number of amides is 3. The Morgan fingerprint density at radius 3 is 2.53 bits per heavy atom. The van der Waals surface area contributed by atoms with Gasteiger partial charge in [0.2, 0.25) is 17.7 Å². The fourth-order valence-electron chi connectivity index (χ4n) is 5.31. The number of carbonyl (C=O) groups is 3. The molecule has 4 aliphatic rings. The van der Waals surface area contributed by atoms with Crippen LogP contribution in [0.4, 0.5) is 5.69 Å². The van der Waals surface area contributed by atoms with E-state index in [9.17, 15) is 14.4 Å². The number of carbonyl (C=O) groups excluding carboxylic acids is 3. The molecule has 3 unspecified atom stereocenters. The lowest BCUT2D eigenvalue weighted by Crippen LogP contribution is -2.58. The number of piperazine rings is 2. The summed E-state index contributed by atoms with van der Waals surface area (Å²) in [7, 11) is 0. The molecule has 0 bridgehead atoms. The van der Waals surface area contributed by atoms with Crippen molar-refractivity contribution in [3.8, 4) is 0 Å². The van der Waals surface area contributed by atoms with Crippen molar-refractivity contribution in [3.05, 3.63) is 30.3 Å². The van der Waals surface area contributed by atoms with Crippen molar-refractivity contribution in [3.63, 3.8) is 0 Å². The van der Waals surface area contributed by atoms with Gasteiger partial charge in [0.1, 0.15) is 0 Å². The van der Waals surface area contributed by atoms with Crippen LogP contribution in [0.25, 0.3) is 0 Å². The molecule has 3 atom stereocenters. The predicted molar refractivity (Wildman–Crippen MR) is 121 cm³/mol. The summed E-state index contributed by atoms with van der Waals surface area (Å²) in [6.45, 7) is 4.48. The van der Waals surface area contributed by atoms with E-state index in [1.807, 2.05) is 23.1 Å². The fourth-order valence-corrected chi connectivity index (χ4v) is 5.31. The zero-order valence-corrected chi connectivity index (χ0v) is 18.5. The molecule has 0 aromatic heterocycles. The minimum atomic E-state index is -0.192. The van der Waals surface area contributed by atoms with Crippen LogP contribution in [0.2, 0.25) is 0 Å². The standard InChI is InChI=1S/C24H33N5O3/c30-22(28-12-10-27(11-13-28)19-4-2-1-3-5-19)9-8-20-15-25-24(32)21-14-18(16-29(20)21)26-23(31)17-6-7-17/h1-5,17-18,20-21H,6-16H2,(H,25,32)(H,26,31). The van der Waals surface area contributed by atoms with Gasteiger partial charge in [0.25, 0.3) is 0 Å². The molecule has 1 aliphatic carbocycles. The number of rotatable bonds is 6. The molecule has 5 rings (SSSR count). The van der Waals surface area contributed by atoms with Gasteiger partial charge in [-0.2, -0.15) is 0 Å². The molecule has 2 N–H and O–H groups in total. The SMILES string of the molecule is O=C(NC1CC2C(=O)NCC(CCC(=O)N3CCN(c4ccccc4)CC3)N2C1)C1CC1. The molecular weight excluding hydrogens is 406 g/mol. The van der Waals surface area contributed by atoms with Crippen LogP contribution in [-0.2, 0) is 14.4 Å². The van der Waals surface area contributed by atoms with Gasteiger partial charge in [-0.3, -0.25) is 19.3 Å². The maximum Gasteiger partial charge on any atom is 0.237 e. The summed E-state index contributed by atoms with van der Waals surface area (Å²) >= 11 is 0. The Hall–Kier alpha value is -2.61. The number of para-hydroxylation sites is 1. The Balaban J connectivity index is 1.10. The van der Waals surface area contributed by atoms with E-state index in [4.69, 9.17) is 0 Å². The molecule has 0 spiro atoms. The normalized spacial score (nSPS) is 28.2. The van der Waals surface area contributed by atoms with Gasteiger partial charge < -0.3 is 20.4 Å². The maximum absolute atomic E-state index is 12.9. The van der Waals surface area contributed by atoms with E-state index in [0.29, 0.717) is 25.9 Å². The third-order valence-corrected chi connectivity index (χ3v) is 7.36. The van der Waals surface area contributed by atoms with Crippen LogP contribution < -0.4 is 15.5 Å². The average Bonchev–Trinajstić information content (AvgIpc) is 3.59. The smallest absolute Gasteiger partial charge is 0.237 e. The van der Waals surface area contributed by atoms with Gasteiger partial charge in [0.15, 0.2) is 0 Å². The highest BCUT2D eigenvalue weighted by Crippen LogP contribution is 2.31. The second-order valence-electron chi connectivity index (χ2n) is 9.57. The molecule has 1 aromatic rings. The molecule has 3 aliphatic heterocycles. The summed E-state index contributed by atoms with van der Waals surface area (Å²) in [6, 6.07) is 10.3. The van der Waals surface area contributed by atoms with Crippen molar-refractivity contribution in [1.29, 1.82) is 0 Å². The molecule has 3 saturated heterocycles. The molecule has 8 heteroatoms. The molecule has 0 radical (unpaired) electrons. The first kappa shape index (κ1) is 21.2. The lowest BCUT2D eigenvalue weighted by molar-refractivity contribution is -0.132. The van der Waals surface area contributed by atoms with E-state index in [2.05, 4.69) is 32.6 Å². The van der Waals surface area contributed by atoms with Crippen LogP contribution in [0.3, 0.4) is 0 Å². The van der Waals surface area contributed by atoms with Crippen molar-refractivity contribution in [2.75, 3.05) is 44.2 Å². The van der Waals surface area contributed by atoms with E-state index in [-0.39, 0.29) is 41.8 Å². The molecule has 8 nitrogen and oxygen atoms in total. The number of nitrogens with zero attached hydrogens (tertiary/aromatic N) is 3. The summed E-state index contributed by atoms with van der Waals surface area (Å²) in [5.41, 5.74) is 1.21. The van der Waals surface area contributed by atoms with Crippen LogP contribution in [-0.4, -0.2) is 84.9 Å². The Morgan fingerprint density at radius 2 is 1.81 bits per heavy atom. The highest BCUT2D eigenvalue weighted by Gasteiger charge is 2.44. The quantitative estimate of drug-likeness (QED) is 0.678. The molecule has 172 valence electrons. The van der Waals surface area contributed by atoms with Crippen molar-refractivity contribution >= 4 is 23.4 Å². The molecule has 4 fully saturated rings. The van der Waals surface area contributed by atoms with Crippen LogP contribution in [0, 0.1) is 5.92 Å². The first-order chi connectivity index (χ1) is 15.6. The fraction of sp³-hybridized carbons (Fsp3) is 0.625. The van der Waals surface area contributed by atoms with E-state index in [0.717, 1.165) is 45.4 Å². The summed E-state index contributed by atoms with van der Waals surface area (Å²) < 4.78 is 0. The van der Waals surface area contributed by atoms with E-state index in [1.54, 1.807) is 0 Å². The zero-order valence-electron chi connectivity index (χ0n) is 18.5. The number of fused-ring (bicyclic) bond motifs is 1. The Labute approximate surface area is 189 Å². The van der Waals surface area contributed by atoms with E-state index < -0.39 is 0 Å². The van der Waals surface area contributed by atoms with Gasteiger partial charge in [-0.25, -0.2) is 0 Å². The summed E-state index contributed by atoms with van der Waals surface area (Å²) in [5, 5.41) is 6.15. The van der Waals surface area contributed by atoms with Crippen LogP contribution >= 0.6 is 0 Å². The number of anilines is 1. The predicted octanol–water partition coefficient (Wildman–Crippen LogP) is 0.583. The molecule has 1 aromatic carbocycles. The summed E-state index contributed by atoms with van der Waals surface area (Å²) in [5.74, 6) is 0.561. The molecule has 32 heavy (non-hydrogen) atoms. The largest absolute Gasteiger partial charge is 0.368 e. The maximum atomic E-state index is 12.9.